The van der Waals surface area contributed by atoms with Crippen molar-refractivity contribution in [2.24, 2.45) is 0 Å². The third-order valence-electron chi connectivity index (χ3n) is 4.52. The summed E-state index contributed by atoms with van der Waals surface area (Å²) in [5.41, 5.74) is 0.646. The summed E-state index contributed by atoms with van der Waals surface area (Å²) in [5.74, 6) is -0.622. The molecule has 0 bridgehead atoms. The van der Waals surface area contributed by atoms with Crippen molar-refractivity contribution in [2.75, 3.05) is 13.1 Å². The zero-order valence-electron chi connectivity index (χ0n) is 12.6. The Balaban J connectivity index is 1.83. The molecular weight excluding hydrogens is 314 g/mol. The van der Waals surface area contributed by atoms with Gasteiger partial charge >= 0.3 is 5.97 Å². The van der Waals surface area contributed by atoms with E-state index in [1.54, 1.807) is 18.2 Å². The number of hydrogen-bond acceptors (Lipinski definition) is 3. The number of carboxylic acid groups (broad SMARTS) is 1. The summed E-state index contributed by atoms with van der Waals surface area (Å²) < 4.78 is 0. The lowest BCUT2D eigenvalue weighted by Gasteiger charge is -2.25. The average molecular weight is 332 g/mol. The smallest absolute Gasteiger partial charge is 0.315 e. The van der Waals surface area contributed by atoms with E-state index in [4.69, 9.17) is 11.6 Å². The van der Waals surface area contributed by atoms with E-state index in [1.165, 1.54) is 0 Å². The lowest BCUT2D eigenvalue weighted by atomic mass is 9.80. The minimum absolute atomic E-state index is 0.182. The molecule has 0 spiro atoms. The SMILES string of the molecule is O=C(O)C1(c2ccccc2)CCN(Cc2cc(Cl)ccc2O)C1. The van der Waals surface area contributed by atoms with Gasteiger partial charge in [0.05, 0.1) is 0 Å². The number of phenols is 1. The molecule has 0 saturated carbocycles. The second kappa shape index (κ2) is 6.22. The number of carboxylic acids is 1. The monoisotopic (exact) mass is 331 g/mol. The highest BCUT2D eigenvalue weighted by Gasteiger charge is 2.46. The fourth-order valence-corrected chi connectivity index (χ4v) is 3.43. The van der Waals surface area contributed by atoms with Crippen molar-refractivity contribution >= 4 is 17.6 Å². The molecule has 0 aliphatic carbocycles. The Morgan fingerprint density at radius 2 is 1.96 bits per heavy atom. The summed E-state index contributed by atoms with van der Waals surface area (Å²) in [5, 5.41) is 20.3. The van der Waals surface area contributed by atoms with Gasteiger partial charge in [-0.25, -0.2) is 0 Å². The van der Waals surface area contributed by atoms with Crippen LogP contribution in [0.15, 0.2) is 48.5 Å². The van der Waals surface area contributed by atoms with E-state index in [2.05, 4.69) is 0 Å². The van der Waals surface area contributed by atoms with Gasteiger partial charge < -0.3 is 10.2 Å². The molecule has 1 saturated heterocycles. The predicted octanol–water partition coefficient (Wildman–Crippen LogP) is 3.27. The van der Waals surface area contributed by atoms with Gasteiger partial charge in [-0.15, -0.1) is 0 Å². The summed E-state index contributed by atoms with van der Waals surface area (Å²) in [6.45, 7) is 1.56. The van der Waals surface area contributed by atoms with Crippen LogP contribution in [0, 0.1) is 0 Å². The first-order chi connectivity index (χ1) is 11.0. The lowest BCUT2D eigenvalue weighted by Crippen LogP contribution is -2.38. The molecule has 5 heteroatoms. The van der Waals surface area contributed by atoms with Gasteiger partial charge in [-0.3, -0.25) is 9.69 Å². The molecule has 23 heavy (non-hydrogen) atoms. The lowest BCUT2D eigenvalue weighted by molar-refractivity contribution is -0.143. The van der Waals surface area contributed by atoms with E-state index in [1.807, 2.05) is 35.2 Å². The standard InChI is InChI=1S/C18H18ClNO3/c19-15-6-7-16(21)13(10-15)11-20-9-8-18(12-20,17(22)23)14-4-2-1-3-5-14/h1-7,10,21H,8-9,11-12H2,(H,22,23). The Hall–Kier alpha value is -2.04. The Morgan fingerprint density at radius 3 is 2.65 bits per heavy atom. The van der Waals surface area contributed by atoms with Crippen LogP contribution in [0.25, 0.3) is 0 Å². The van der Waals surface area contributed by atoms with E-state index in [-0.39, 0.29) is 5.75 Å². The first-order valence-electron chi connectivity index (χ1n) is 7.50. The highest BCUT2D eigenvalue weighted by Crippen LogP contribution is 2.36. The zero-order chi connectivity index (χ0) is 16.4. The predicted molar refractivity (Wildman–Crippen MR) is 88.8 cm³/mol. The number of carbonyl (C=O) groups is 1. The van der Waals surface area contributed by atoms with E-state index in [0.29, 0.717) is 36.6 Å². The number of halogens is 1. The van der Waals surface area contributed by atoms with E-state index >= 15 is 0 Å². The molecule has 4 nitrogen and oxygen atoms in total. The highest BCUT2D eigenvalue weighted by atomic mass is 35.5. The molecule has 0 aromatic heterocycles. The largest absolute Gasteiger partial charge is 0.508 e. The van der Waals surface area contributed by atoms with Gasteiger partial charge in [-0.1, -0.05) is 41.9 Å². The summed E-state index contributed by atoms with van der Waals surface area (Å²) in [6.07, 6.45) is 0.549. The molecule has 1 aliphatic rings. The Bertz CT molecular complexity index is 719. The van der Waals surface area contributed by atoms with Crippen LogP contribution < -0.4 is 0 Å². The number of likely N-dealkylation sites (tertiary alicyclic amines) is 1. The van der Waals surface area contributed by atoms with Crippen LogP contribution in [0.4, 0.5) is 0 Å². The first kappa shape index (κ1) is 15.8. The molecule has 2 N–H and O–H groups in total. The van der Waals surface area contributed by atoms with E-state index < -0.39 is 11.4 Å². The van der Waals surface area contributed by atoms with Crippen molar-refractivity contribution in [3.8, 4) is 5.75 Å². The maximum absolute atomic E-state index is 11.9. The van der Waals surface area contributed by atoms with Crippen molar-refractivity contribution in [1.82, 2.24) is 4.90 Å². The number of rotatable bonds is 4. The van der Waals surface area contributed by atoms with Gasteiger partial charge in [0.15, 0.2) is 0 Å². The van der Waals surface area contributed by atoms with E-state index in [0.717, 1.165) is 5.56 Å². The summed E-state index contributed by atoms with van der Waals surface area (Å²) in [6, 6.07) is 14.3. The van der Waals surface area contributed by atoms with Crippen molar-refractivity contribution in [3.05, 3.63) is 64.7 Å². The van der Waals surface area contributed by atoms with Crippen LogP contribution >= 0.6 is 11.6 Å². The third kappa shape index (κ3) is 3.05. The number of aliphatic carboxylic acids is 1. The molecule has 1 aliphatic heterocycles. The summed E-state index contributed by atoms with van der Waals surface area (Å²) in [4.78, 5) is 14.0. The van der Waals surface area contributed by atoms with Gasteiger partial charge in [0.25, 0.3) is 0 Å². The topological polar surface area (TPSA) is 60.8 Å². The molecule has 3 rings (SSSR count). The fourth-order valence-electron chi connectivity index (χ4n) is 3.24. The third-order valence-corrected chi connectivity index (χ3v) is 4.75. The number of benzene rings is 2. The van der Waals surface area contributed by atoms with Crippen LogP contribution in [0.3, 0.4) is 0 Å². The van der Waals surface area contributed by atoms with Crippen LogP contribution in [-0.4, -0.2) is 34.2 Å². The van der Waals surface area contributed by atoms with Gasteiger partial charge in [0, 0.05) is 30.2 Å². The zero-order valence-corrected chi connectivity index (χ0v) is 13.3. The van der Waals surface area contributed by atoms with Crippen molar-refractivity contribution in [3.63, 3.8) is 0 Å². The minimum atomic E-state index is -0.893. The Kier molecular flexibility index (Phi) is 4.28. The van der Waals surface area contributed by atoms with Gasteiger partial charge in [0.2, 0.25) is 0 Å². The quantitative estimate of drug-likeness (QED) is 0.902. The maximum Gasteiger partial charge on any atom is 0.315 e. The average Bonchev–Trinajstić information content (AvgIpc) is 2.97. The van der Waals surface area contributed by atoms with Crippen molar-refractivity contribution in [2.45, 2.75) is 18.4 Å². The Labute approximate surface area is 139 Å². The second-order valence-corrected chi connectivity index (χ2v) is 6.42. The highest BCUT2D eigenvalue weighted by molar-refractivity contribution is 6.30. The van der Waals surface area contributed by atoms with Gasteiger partial charge in [0.1, 0.15) is 11.2 Å². The molecule has 2 aromatic rings. The fraction of sp³-hybridized carbons (Fsp3) is 0.278. The summed E-state index contributed by atoms with van der Waals surface area (Å²) in [7, 11) is 0. The molecule has 1 fully saturated rings. The number of phenolic OH excluding ortho intramolecular Hbond substituents is 1. The molecule has 0 amide bonds. The number of aromatic hydroxyl groups is 1. The van der Waals surface area contributed by atoms with Gasteiger partial charge in [-0.05, 0) is 30.2 Å². The van der Waals surface area contributed by atoms with Crippen LogP contribution in [0.2, 0.25) is 5.02 Å². The molecule has 1 heterocycles. The van der Waals surface area contributed by atoms with E-state index in [9.17, 15) is 15.0 Å². The van der Waals surface area contributed by atoms with Crippen LogP contribution in [0.1, 0.15) is 17.5 Å². The Morgan fingerprint density at radius 1 is 1.22 bits per heavy atom. The summed E-state index contributed by atoms with van der Waals surface area (Å²) >= 11 is 5.98. The minimum Gasteiger partial charge on any atom is -0.508 e. The normalized spacial score (nSPS) is 21.4. The van der Waals surface area contributed by atoms with Crippen molar-refractivity contribution < 1.29 is 15.0 Å². The van der Waals surface area contributed by atoms with Crippen LogP contribution in [-0.2, 0) is 16.8 Å². The maximum atomic E-state index is 11.9. The first-order valence-corrected chi connectivity index (χ1v) is 7.88. The number of nitrogens with zero attached hydrogens (tertiary/aromatic N) is 1. The molecule has 1 unspecified atom stereocenters. The van der Waals surface area contributed by atoms with Gasteiger partial charge in [-0.2, -0.15) is 0 Å². The molecular formula is C18H18ClNO3. The van der Waals surface area contributed by atoms with Crippen LogP contribution in [0.5, 0.6) is 5.75 Å². The van der Waals surface area contributed by atoms with Crippen molar-refractivity contribution in [1.29, 1.82) is 0 Å². The second-order valence-electron chi connectivity index (χ2n) is 5.99. The molecule has 1 atom stereocenters. The molecule has 0 radical (unpaired) electrons. The molecule has 120 valence electrons. The number of hydrogen-bond donors (Lipinski definition) is 2. The molecule has 2 aromatic carbocycles.